The van der Waals surface area contributed by atoms with Crippen molar-refractivity contribution in [2.24, 2.45) is 20.0 Å². The molecule has 0 saturated carbocycles. The van der Waals surface area contributed by atoms with Crippen LogP contribution in [0.15, 0.2) is 27.8 Å². The van der Waals surface area contributed by atoms with Gasteiger partial charge in [0.05, 0.1) is 6.54 Å². The Bertz CT molecular complexity index is 1340. The standard InChI is InChI=1S/C26H37N5O4/c1-16(2)20-10-9-17(3)12-21(20)35-15-19(32)14-31-22-23(28(5)26(34)29(6)24(22)33)27-25(31)30-11-7-8-18(4)13-30/h9-10,12,16,18-19,32H,7-8,11,13-15H2,1-6H3/t18-,19+/m0/s1. The number of hydrogen-bond donors (Lipinski definition) is 1. The van der Waals surface area contributed by atoms with Gasteiger partial charge in [0.15, 0.2) is 11.2 Å². The zero-order chi connectivity index (χ0) is 25.4. The van der Waals surface area contributed by atoms with Crippen molar-refractivity contribution in [2.75, 3.05) is 24.6 Å². The number of aliphatic hydroxyl groups is 1. The molecule has 4 rings (SSSR count). The second-order valence-corrected chi connectivity index (χ2v) is 10.3. The number of ether oxygens (including phenoxy) is 1. The van der Waals surface area contributed by atoms with Crippen molar-refractivity contribution in [3.8, 4) is 5.75 Å². The normalized spacial score (nSPS) is 17.4. The molecular weight excluding hydrogens is 446 g/mol. The molecule has 3 heterocycles. The smallest absolute Gasteiger partial charge is 0.332 e. The van der Waals surface area contributed by atoms with Crippen LogP contribution in [0.2, 0.25) is 0 Å². The Morgan fingerprint density at radius 2 is 1.94 bits per heavy atom. The highest BCUT2D eigenvalue weighted by atomic mass is 16.5. The SMILES string of the molecule is Cc1ccc(C(C)C)c(OC[C@H](O)Cn2c(N3CCC[C@H](C)C3)nc3c2c(=O)n(C)c(=O)n3C)c1. The molecular formula is C26H37N5O4. The highest BCUT2D eigenvalue weighted by Crippen LogP contribution is 2.28. The maximum atomic E-state index is 13.2. The predicted molar refractivity (Wildman–Crippen MR) is 138 cm³/mol. The Balaban J connectivity index is 1.70. The number of hydrogen-bond acceptors (Lipinski definition) is 6. The number of aryl methyl sites for hydroxylation is 2. The van der Waals surface area contributed by atoms with Crippen molar-refractivity contribution in [2.45, 2.75) is 59.1 Å². The minimum atomic E-state index is -0.879. The highest BCUT2D eigenvalue weighted by molar-refractivity contribution is 5.74. The van der Waals surface area contributed by atoms with E-state index in [4.69, 9.17) is 9.72 Å². The van der Waals surface area contributed by atoms with E-state index in [-0.39, 0.29) is 19.1 Å². The molecule has 0 spiro atoms. The summed E-state index contributed by atoms with van der Waals surface area (Å²) in [7, 11) is 3.09. The molecule has 9 nitrogen and oxygen atoms in total. The number of fused-ring (bicyclic) bond motifs is 1. The van der Waals surface area contributed by atoms with Crippen LogP contribution in [-0.4, -0.2) is 49.6 Å². The average Bonchev–Trinajstić information content (AvgIpc) is 3.19. The largest absolute Gasteiger partial charge is 0.491 e. The summed E-state index contributed by atoms with van der Waals surface area (Å²) >= 11 is 0. The van der Waals surface area contributed by atoms with Crippen LogP contribution in [0.5, 0.6) is 5.75 Å². The Hall–Kier alpha value is -3.07. The number of nitrogens with zero attached hydrogens (tertiary/aromatic N) is 5. The van der Waals surface area contributed by atoms with E-state index in [1.165, 1.54) is 11.6 Å². The van der Waals surface area contributed by atoms with Gasteiger partial charge in [0.2, 0.25) is 5.95 Å². The van der Waals surface area contributed by atoms with E-state index >= 15 is 0 Å². The highest BCUT2D eigenvalue weighted by Gasteiger charge is 2.27. The van der Waals surface area contributed by atoms with E-state index in [0.717, 1.165) is 47.4 Å². The van der Waals surface area contributed by atoms with Crippen LogP contribution in [0.4, 0.5) is 5.95 Å². The van der Waals surface area contributed by atoms with Crippen LogP contribution < -0.4 is 20.9 Å². The van der Waals surface area contributed by atoms with Gasteiger partial charge < -0.3 is 19.3 Å². The van der Waals surface area contributed by atoms with Gasteiger partial charge in [-0.25, -0.2) is 4.79 Å². The van der Waals surface area contributed by atoms with Crippen LogP contribution in [0.1, 0.15) is 50.7 Å². The van der Waals surface area contributed by atoms with Gasteiger partial charge in [-0.2, -0.15) is 4.98 Å². The molecule has 3 aromatic rings. The van der Waals surface area contributed by atoms with Crippen molar-refractivity contribution in [3.63, 3.8) is 0 Å². The summed E-state index contributed by atoms with van der Waals surface area (Å²) in [5.41, 5.74) is 1.99. The van der Waals surface area contributed by atoms with Gasteiger partial charge in [-0.15, -0.1) is 0 Å². The molecule has 35 heavy (non-hydrogen) atoms. The molecule has 190 valence electrons. The van der Waals surface area contributed by atoms with Gasteiger partial charge in [-0.3, -0.25) is 13.9 Å². The molecule has 0 radical (unpaired) electrons. The summed E-state index contributed by atoms with van der Waals surface area (Å²) in [5.74, 6) is 2.16. The van der Waals surface area contributed by atoms with Gasteiger partial charge in [0.1, 0.15) is 18.5 Å². The second-order valence-electron chi connectivity index (χ2n) is 10.3. The first-order chi connectivity index (χ1) is 16.6. The zero-order valence-electron chi connectivity index (χ0n) is 21.6. The topological polar surface area (TPSA) is 94.5 Å². The van der Waals surface area contributed by atoms with Gasteiger partial charge in [-0.1, -0.05) is 32.9 Å². The summed E-state index contributed by atoms with van der Waals surface area (Å²) in [4.78, 5) is 32.6. The Kier molecular flexibility index (Phi) is 7.07. The van der Waals surface area contributed by atoms with Crippen molar-refractivity contribution < 1.29 is 9.84 Å². The third kappa shape index (κ3) is 4.87. The Morgan fingerprint density at radius 3 is 2.63 bits per heavy atom. The number of aliphatic hydroxyl groups excluding tert-OH is 1. The van der Waals surface area contributed by atoms with E-state index in [1.54, 1.807) is 11.6 Å². The second kappa shape index (κ2) is 9.89. The molecule has 2 aromatic heterocycles. The Labute approximate surface area is 205 Å². The number of aromatic nitrogens is 4. The molecule has 9 heteroatoms. The molecule has 1 fully saturated rings. The van der Waals surface area contributed by atoms with Crippen molar-refractivity contribution in [3.05, 3.63) is 50.2 Å². The van der Waals surface area contributed by atoms with E-state index in [0.29, 0.717) is 23.0 Å². The first kappa shape index (κ1) is 25.0. The van der Waals surface area contributed by atoms with E-state index in [1.807, 2.05) is 13.0 Å². The minimum absolute atomic E-state index is 0.0742. The van der Waals surface area contributed by atoms with Crippen molar-refractivity contribution in [1.29, 1.82) is 0 Å². The van der Waals surface area contributed by atoms with Gasteiger partial charge in [0, 0.05) is 27.2 Å². The minimum Gasteiger partial charge on any atom is -0.491 e. The first-order valence-corrected chi connectivity index (χ1v) is 12.4. The quantitative estimate of drug-likeness (QED) is 0.555. The monoisotopic (exact) mass is 483 g/mol. The maximum absolute atomic E-state index is 13.2. The summed E-state index contributed by atoms with van der Waals surface area (Å²) < 4.78 is 10.3. The number of rotatable bonds is 7. The van der Waals surface area contributed by atoms with Crippen LogP contribution >= 0.6 is 0 Å². The molecule has 2 atom stereocenters. The predicted octanol–water partition coefficient (Wildman–Crippen LogP) is 2.54. The molecule has 0 aliphatic carbocycles. The third-order valence-electron chi connectivity index (χ3n) is 6.88. The van der Waals surface area contributed by atoms with E-state index < -0.39 is 17.4 Å². The fraction of sp³-hybridized carbons (Fsp3) is 0.577. The van der Waals surface area contributed by atoms with E-state index in [2.05, 4.69) is 37.8 Å². The maximum Gasteiger partial charge on any atom is 0.332 e. The summed E-state index contributed by atoms with van der Waals surface area (Å²) in [5, 5.41) is 11.0. The summed E-state index contributed by atoms with van der Waals surface area (Å²) in [6, 6.07) is 6.11. The molecule has 0 amide bonds. The lowest BCUT2D eigenvalue weighted by Gasteiger charge is -2.32. The molecule has 1 aliphatic heterocycles. The third-order valence-corrected chi connectivity index (χ3v) is 6.88. The van der Waals surface area contributed by atoms with Gasteiger partial charge >= 0.3 is 5.69 Å². The zero-order valence-corrected chi connectivity index (χ0v) is 21.6. The molecule has 0 unspecified atom stereocenters. The van der Waals surface area contributed by atoms with Crippen molar-refractivity contribution in [1.82, 2.24) is 18.7 Å². The molecule has 1 aromatic carbocycles. The average molecular weight is 484 g/mol. The lowest BCUT2D eigenvalue weighted by molar-refractivity contribution is 0.0929. The number of benzene rings is 1. The first-order valence-electron chi connectivity index (χ1n) is 12.4. The number of piperidine rings is 1. The van der Waals surface area contributed by atoms with Crippen LogP contribution in [0.3, 0.4) is 0 Å². The van der Waals surface area contributed by atoms with Crippen molar-refractivity contribution >= 4 is 17.1 Å². The lowest BCUT2D eigenvalue weighted by atomic mass is 10.0. The Morgan fingerprint density at radius 1 is 1.20 bits per heavy atom. The fourth-order valence-corrected chi connectivity index (χ4v) is 4.91. The van der Waals surface area contributed by atoms with Gasteiger partial charge in [-0.05, 0) is 48.8 Å². The number of imidazole rings is 1. The molecule has 0 bridgehead atoms. The lowest BCUT2D eigenvalue weighted by Crippen LogP contribution is -2.39. The summed E-state index contributed by atoms with van der Waals surface area (Å²) in [6.45, 7) is 10.3. The molecule has 1 saturated heterocycles. The number of anilines is 1. The van der Waals surface area contributed by atoms with Gasteiger partial charge in [0.25, 0.3) is 5.56 Å². The molecule has 1 N–H and O–H groups in total. The van der Waals surface area contributed by atoms with Crippen LogP contribution in [0.25, 0.3) is 11.2 Å². The van der Waals surface area contributed by atoms with Crippen LogP contribution in [0, 0.1) is 12.8 Å². The summed E-state index contributed by atoms with van der Waals surface area (Å²) in [6.07, 6.45) is 1.29. The molecule has 1 aliphatic rings. The van der Waals surface area contributed by atoms with Crippen LogP contribution in [-0.2, 0) is 20.6 Å². The van der Waals surface area contributed by atoms with E-state index in [9.17, 15) is 14.7 Å². The fourth-order valence-electron chi connectivity index (χ4n) is 4.91.